The fourth-order valence-corrected chi connectivity index (χ4v) is 4.06. The van der Waals surface area contributed by atoms with Gasteiger partial charge in [0.15, 0.2) is 0 Å². The number of likely N-dealkylation sites (N-methyl/N-ethyl adjacent to an activating group) is 1. The van der Waals surface area contributed by atoms with Crippen molar-refractivity contribution >= 4 is 5.91 Å². The van der Waals surface area contributed by atoms with E-state index in [9.17, 15) is 9.18 Å². The number of halogens is 1. The molecule has 1 fully saturated rings. The molecule has 2 aromatic rings. The van der Waals surface area contributed by atoms with Gasteiger partial charge >= 0.3 is 0 Å². The third-order valence-corrected chi connectivity index (χ3v) is 5.78. The van der Waals surface area contributed by atoms with Gasteiger partial charge in [-0.05, 0) is 54.8 Å². The molecule has 2 aliphatic rings. The molecule has 0 aromatic heterocycles. The summed E-state index contributed by atoms with van der Waals surface area (Å²) in [6.45, 7) is 7.27. The predicted octanol–water partition coefficient (Wildman–Crippen LogP) is 2.91. The summed E-state index contributed by atoms with van der Waals surface area (Å²) in [5.74, 6) is -0.543. The fourth-order valence-electron chi connectivity index (χ4n) is 4.06. The Morgan fingerprint density at radius 3 is 2.52 bits per heavy atom. The van der Waals surface area contributed by atoms with Crippen LogP contribution in [0.15, 0.2) is 36.4 Å². The first-order valence-electron chi connectivity index (χ1n) is 9.59. The monoisotopic (exact) mass is 367 g/mol. The van der Waals surface area contributed by atoms with Crippen LogP contribution in [0.4, 0.5) is 4.39 Å². The summed E-state index contributed by atoms with van der Waals surface area (Å²) in [5, 5.41) is 3.03. The minimum absolute atomic E-state index is 0.0631. The first kappa shape index (κ1) is 18.1. The number of amides is 1. The highest BCUT2D eigenvalue weighted by atomic mass is 19.1. The van der Waals surface area contributed by atoms with Gasteiger partial charge in [-0.25, -0.2) is 4.39 Å². The zero-order chi connectivity index (χ0) is 19.0. The molecule has 2 aromatic carbocycles. The number of carbonyl (C=O) groups excluding carboxylic acids is 1. The average Bonchev–Trinajstić information content (AvgIpc) is 2.65. The van der Waals surface area contributed by atoms with Gasteiger partial charge in [-0.3, -0.25) is 9.69 Å². The Morgan fingerprint density at radius 1 is 1.11 bits per heavy atom. The van der Waals surface area contributed by atoms with Crippen LogP contribution in [0.2, 0.25) is 0 Å². The lowest BCUT2D eigenvalue weighted by Gasteiger charge is -2.32. The molecule has 27 heavy (non-hydrogen) atoms. The summed E-state index contributed by atoms with van der Waals surface area (Å²) in [6, 6.07) is 11.3. The van der Waals surface area contributed by atoms with Crippen LogP contribution in [0.1, 0.15) is 38.7 Å². The van der Waals surface area contributed by atoms with E-state index in [-0.39, 0.29) is 17.8 Å². The number of hydrogen-bond donors (Lipinski definition) is 1. The number of rotatable bonds is 3. The van der Waals surface area contributed by atoms with Crippen molar-refractivity contribution < 1.29 is 9.18 Å². The molecule has 2 aliphatic heterocycles. The second kappa shape index (κ2) is 7.41. The van der Waals surface area contributed by atoms with E-state index in [1.807, 2.05) is 6.92 Å². The van der Waals surface area contributed by atoms with Crippen LogP contribution in [-0.4, -0.2) is 48.9 Å². The Morgan fingerprint density at radius 2 is 1.81 bits per heavy atom. The molecule has 0 saturated carbocycles. The maximum atomic E-state index is 13.6. The summed E-state index contributed by atoms with van der Waals surface area (Å²) >= 11 is 0. The van der Waals surface area contributed by atoms with E-state index in [4.69, 9.17) is 0 Å². The lowest BCUT2D eigenvalue weighted by molar-refractivity contribution is 0.0924. The first-order valence-corrected chi connectivity index (χ1v) is 9.59. The van der Waals surface area contributed by atoms with Crippen molar-refractivity contribution in [3.63, 3.8) is 0 Å². The third-order valence-electron chi connectivity index (χ3n) is 5.78. The van der Waals surface area contributed by atoms with E-state index in [1.165, 1.54) is 17.7 Å². The highest BCUT2D eigenvalue weighted by Crippen LogP contribution is 2.29. The first-order chi connectivity index (χ1) is 13.0. The lowest BCUT2D eigenvalue weighted by Crippen LogP contribution is -2.43. The molecule has 0 bridgehead atoms. The van der Waals surface area contributed by atoms with Crippen molar-refractivity contribution in [3.05, 3.63) is 70.0 Å². The van der Waals surface area contributed by atoms with Crippen molar-refractivity contribution in [1.82, 2.24) is 15.1 Å². The zero-order valence-corrected chi connectivity index (χ0v) is 16.0. The molecule has 1 saturated heterocycles. The highest BCUT2D eigenvalue weighted by molar-refractivity contribution is 5.97. The van der Waals surface area contributed by atoms with Gasteiger partial charge in [-0.2, -0.15) is 0 Å². The maximum Gasteiger partial charge on any atom is 0.252 e. The number of piperazine rings is 1. The number of carbonyl (C=O) groups is 1. The largest absolute Gasteiger partial charge is 0.345 e. The number of nitrogens with one attached hydrogen (secondary N) is 1. The topological polar surface area (TPSA) is 35.6 Å². The van der Waals surface area contributed by atoms with Crippen LogP contribution in [0.3, 0.4) is 0 Å². The minimum Gasteiger partial charge on any atom is -0.345 e. The standard InChI is InChI=1S/C22H26FN3O/c1-15-11-18(23)12-20-19(15)13-21(24-22(20)27)17-5-3-16(4-6-17)14-26-9-7-25(2)8-10-26/h3-6,11-12,21H,7-10,13-14H2,1-2H3,(H,24,27). The van der Waals surface area contributed by atoms with Crippen LogP contribution >= 0.6 is 0 Å². The third kappa shape index (κ3) is 3.89. The molecule has 2 heterocycles. The van der Waals surface area contributed by atoms with E-state index in [0.717, 1.165) is 49.4 Å². The molecule has 4 rings (SSSR count). The molecular weight excluding hydrogens is 341 g/mol. The van der Waals surface area contributed by atoms with Crippen molar-refractivity contribution in [2.24, 2.45) is 0 Å². The molecule has 142 valence electrons. The molecular formula is C22H26FN3O. The number of nitrogens with zero attached hydrogens (tertiary/aromatic N) is 2. The van der Waals surface area contributed by atoms with Crippen LogP contribution in [0.25, 0.3) is 0 Å². The van der Waals surface area contributed by atoms with Gasteiger partial charge in [0.1, 0.15) is 5.82 Å². The molecule has 0 radical (unpaired) electrons. The summed E-state index contributed by atoms with van der Waals surface area (Å²) in [6.07, 6.45) is 0.699. The van der Waals surface area contributed by atoms with Crippen molar-refractivity contribution in [2.45, 2.75) is 25.9 Å². The molecule has 1 amide bonds. The lowest BCUT2D eigenvalue weighted by atomic mass is 9.88. The van der Waals surface area contributed by atoms with Gasteiger partial charge in [0.05, 0.1) is 6.04 Å². The van der Waals surface area contributed by atoms with Crippen molar-refractivity contribution in [3.8, 4) is 0 Å². The Hall–Kier alpha value is -2.24. The minimum atomic E-state index is -0.354. The molecule has 1 N–H and O–H groups in total. The summed E-state index contributed by atoms with van der Waals surface area (Å²) in [7, 11) is 2.17. The van der Waals surface area contributed by atoms with Crippen LogP contribution in [0, 0.1) is 12.7 Å². The summed E-state index contributed by atoms with van der Waals surface area (Å²) in [5.41, 5.74) is 4.66. The second-order valence-electron chi connectivity index (χ2n) is 7.80. The van der Waals surface area contributed by atoms with Gasteiger partial charge in [0, 0.05) is 38.3 Å². The van der Waals surface area contributed by atoms with Gasteiger partial charge in [0.2, 0.25) is 0 Å². The van der Waals surface area contributed by atoms with Crippen LogP contribution in [0.5, 0.6) is 0 Å². The fraction of sp³-hybridized carbons (Fsp3) is 0.409. The number of benzene rings is 2. The van der Waals surface area contributed by atoms with E-state index >= 15 is 0 Å². The molecule has 0 spiro atoms. The SMILES string of the molecule is Cc1cc(F)cc2c1CC(c1ccc(CN3CCN(C)CC3)cc1)NC2=O. The molecule has 1 unspecified atom stereocenters. The van der Waals surface area contributed by atoms with Crippen molar-refractivity contribution in [2.75, 3.05) is 33.2 Å². The molecule has 5 heteroatoms. The van der Waals surface area contributed by atoms with Crippen LogP contribution < -0.4 is 5.32 Å². The number of aryl methyl sites for hydroxylation is 1. The predicted molar refractivity (Wildman–Crippen MR) is 104 cm³/mol. The smallest absolute Gasteiger partial charge is 0.252 e. The average molecular weight is 367 g/mol. The van der Waals surface area contributed by atoms with Crippen molar-refractivity contribution in [1.29, 1.82) is 0 Å². The zero-order valence-electron chi connectivity index (χ0n) is 16.0. The summed E-state index contributed by atoms with van der Waals surface area (Å²) < 4.78 is 13.6. The Balaban J connectivity index is 1.47. The van der Waals surface area contributed by atoms with Gasteiger partial charge in [0.25, 0.3) is 5.91 Å². The number of hydrogen-bond acceptors (Lipinski definition) is 3. The van der Waals surface area contributed by atoms with E-state index in [0.29, 0.717) is 12.0 Å². The highest BCUT2D eigenvalue weighted by Gasteiger charge is 2.27. The van der Waals surface area contributed by atoms with E-state index in [1.54, 1.807) is 0 Å². The van der Waals surface area contributed by atoms with Gasteiger partial charge < -0.3 is 10.2 Å². The maximum absolute atomic E-state index is 13.6. The normalized spacial score (nSPS) is 21.0. The Bertz CT molecular complexity index is 841. The van der Waals surface area contributed by atoms with Gasteiger partial charge in [-0.15, -0.1) is 0 Å². The van der Waals surface area contributed by atoms with E-state index < -0.39 is 0 Å². The Labute approximate surface area is 160 Å². The quantitative estimate of drug-likeness (QED) is 0.906. The van der Waals surface area contributed by atoms with E-state index in [2.05, 4.69) is 46.4 Å². The molecule has 0 aliphatic carbocycles. The van der Waals surface area contributed by atoms with Gasteiger partial charge in [-0.1, -0.05) is 24.3 Å². The molecule has 4 nitrogen and oxygen atoms in total. The molecule has 1 atom stereocenters. The second-order valence-corrected chi connectivity index (χ2v) is 7.80. The Kier molecular flexibility index (Phi) is 4.98. The van der Waals surface area contributed by atoms with Crippen LogP contribution in [-0.2, 0) is 13.0 Å². The summed E-state index contributed by atoms with van der Waals surface area (Å²) in [4.78, 5) is 17.3. The number of fused-ring (bicyclic) bond motifs is 1.